The van der Waals surface area contributed by atoms with Gasteiger partial charge in [-0.05, 0) is 36.7 Å². The molecule has 94 valence electrons. The molecule has 4 heteroatoms. The van der Waals surface area contributed by atoms with E-state index in [4.69, 9.17) is 11.6 Å². The van der Waals surface area contributed by atoms with Gasteiger partial charge in [-0.15, -0.1) is 0 Å². The maximum atomic E-state index is 13.4. The highest BCUT2D eigenvalue weighted by Crippen LogP contribution is 2.27. The van der Waals surface area contributed by atoms with Gasteiger partial charge in [0.1, 0.15) is 5.82 Å². The molecule has 1 atom stereocenters. The van der Waals surface area contributed by atoms with Gasteiger partial charge in [0.2, 0.25) is 0 Å². The topological polar surface area (TPSA) is 24.9 Å². The van der Waals surface area contributed by atoms with Crippen molar-refractivity contribution in [3.05, 3.63) is 64.7 Å². The Morgan fingerprint density at radius 2 is 2.17 bits per heavy atom. The van der Waals surface area contributed by atoms with Gasteiger partial charge < -0.3 is 5.32 Å². The van der Waals surface area contributed by atoms with Crippen LogP contribution in [0.15, 0.2) is 42.7 Å². The van der Waals surface area contributed by atoms with Crippen LogP contribution in [0.3, 0.4) is 0 Å². The fourth-order valence-corrected chi connectivity index (χ4v) is 2.17. The average Bonchev–Trinajstić information content (AvgIpc) is 2.41. The largest absolute Gasteiger partial charge is 0.313 e. The number of hydrogen-bond donors (Lipinski definition) is 1. The third-order valence-electron chi connectivity index (χ3n) is 2.87. The lowest BCUT2D eigenvalue weighted by atomic mass is 10.00. The number of rotatable bonds is 4. The van der Waals surface area contributed by atoms with Crippen LogP contribution in [-0.2, 0) is 6.42 Å². The molecule has 1 N–H and O–H groups in total. The van der Waals surface area contributed by atoms with Gasteiger partial charge >= 0.3 is 0 Å². The van der Waals surface area contributed by atoms with Crippen LogP contribution in [0.2, 0.25) is 5.02 Å². The number of nitrogens with zero attached hydrogens (tertiary/aromatic N) is 1. The Labute approximate surface area is 111 Å². The molecule has 0 aliphatic carbocycles. The first-order chi connectivity index (χ1) is 8.72. The smallest absolute Gasteiger partial charge is 0.142 e. The lowest BCUT2D eigenvalue weighted by Crippen LogP contribution is -2.19. The van der Waals surface area contributed by atoms with Crippen LogP contribution in [0.1, 0.15) is 17.2 Å². The van der Waals surface area contributed by atoms with Crippen molar-refractivity contribution in [3.63, 3.8) is 0 Å². The van der Waals surface area contributed by atoms with E-state index in [0.29, 0.717) is 6.42 Å². The van der Waals surface area contributed by atoms with Gasteiger partial charge in [0, 0.05) is 18.4 Å². The molecular weight excluding hydrogens is 251 g/mol. The van der Waals surface area contributed by atoms with Crippen molar-refractivity contribution in [2.24, 2.45) is 0 Å². The van der Waals surface area contributed by atoms with E-state index >= 15 is 0 Å². The molecular formula is C14H14ClFN2. The highest BCUT2D eigenvalue weighted by atomic mass is 35.5. The summed E-state index contributed by atoms with van der Waals surface area (Å²) < 4.78 is 13.4. The van der Waals surface area contributed by atoms with Crippen LogP contribution in [0.25, 0.3) is 0 Å². The summed E-state index contributed by atoms with van der Waals surface area (Å²) in [5.41, 5.74) is 1.85. The van der Waals surface area contributed by atoms with E-state index in [2.05, 4.69) is 10.3 Å². The molecule has 0 saturated heterocycles. The van der Waals surface area contributed by atoms with E-state index < -0.39 is 0 Å². The molecule has 0 radical (unpaired) electrons. The Kier molecular flexibility index (Phi) is 4.28. The number of halogens is 2. The lowest BCUT2D eigenvalue weighted by molar-refractivity contribution is 0.577. The van der Waals surface area contributed by atoms with Crippen LogP contribution in [0.5, 0.6) is 0 Å². The molecule has 2 nitrogen and oxygen atoms in total. The SMILES string of the molecule is CNC(Cc1cccnc1)c1cccc(F)c1Cl. The Morgan fingerprint density at radius 3 is 2.83 bits per heavy atom. The summed E-state index contributed by atoms with van der Waals surface area (Å²) >= 11 is 6.00. The summed E-state index contributed by atoms with van der Waals surface area (Å²) in [6, 6.07) is 8.72. The van der Waals surface area contributed by atoms with Crippen molar-refractivity contribution in [3.8, 4) is 0 Å². The molecule has 0 amide bonds. The van der Waals surface area contributed by atoms with E-state index in [0.717, 1.165) is 11.1 Å². The van der Waals surface area contributed by atoms with Crippen molar-refractivity contribution in [2.45, 2.75) is 12.5 Å². The highest BCUT2D eigenvalue weighted by molar-refractivity contribution is 6.31. The van der Waals surface area contributed by atoms with E-state index in [1.165, 1.54) is 6.07 Å². The number of nitrogens with one attached hydrogen (secondary N) is 1. The van der Waals surface area contributed by atoms with E-state index in [9.17, 15) is 4.39 Å². The first-order valence-electron chi connectivity index (χ1n) is 5.72. The summed E-state index contributed by atoms with van der Waals surface area (Å²) in [5.74, 6) is -0.388. The standard InChI is InChI=1S/C14H14ClFN2/c1-17-13(8-10-4-3-7-18-9-10)11-5-2-6-12(16)14(11)15/h2-7,9,13,17H,8H2,1H3. The first-order valence-corrected chi connectivity index (χ1v) is 6.10. The number of benzene rings is 1. The molecule has 0 spiro atoms. The van der Waals surface area contributed by atoms with E-state index in [1.807, 2.05) is 25.2 Å². The molecule has 1 unspecified atom stereocenters. The zero-order valence-corrected chi connectivity index (χ0v) is 10.8. The van der Waals surface area contributed by atoms with Crippen LogP contribution in [0.4, 0.5) is 4.39 Å². The van der Waals surface area contributed by atoms with Crippen molar-refractivity contribution in [1.82, 2.24) is 10.3 Å². The number of hydrogen-bond acceptors (Lipinski definition) is 2. The number of aromatic nitrogens is 1. The molecule has 0 aliphatic rings. The van der Waals surface area contributed by atoms with Crippen LogP contribution in [0, 0.1) is 5.82 Å². The lowest BCUT2D eigenvalue weighted by Gasteiger charge is -2.18. The Balaban J connectivity index is 2.26. The van der Waals surface area contributed by atoms with Crippen LogP contribution >= 0.6 is 11.6 Å². The van der Waals surface area contributed by atoms with Gasteiger partial charge in [-0.25, -0.2) is 4.39 Å². The zero-order chi connectivity index (χ0) is 13.0. The third-order valence-corrected chi connectivity index (χ3v) is 3.27. The van der Waals surface area contributed by atoms with E-state index in [-0.39, 0.29) is 16.9 Å². The molecule has 0 fully saturated rings. The summed E-state index contributed by atoms with van der Waals surface area (Å²) in [5, 5.41) is 3.34. The maximum Gasteiger partial charge on any atom is 0.142 e. The molecule has 1 aromatic heterocycles. The maximum absolute atomic E-state index is 13.4. The van der Waals surface area contributed by atoms with E-state index in [1.54, 1.807) is 18.5 Å². The second-order valence-electron chi connectivity index (χ2n) is 4.05. The minimum atomic E-state index is -0.388. The second kappa shape index (κ2) is 5.94. The van der Waals surface area contributed by atoms with Crippen LogP contribution < -0.4 is 5.32 Å². The minimum Gasteiger partial charge on any atom is -0.313 e. The molecule has 2 aromatic rings. The predicted octanol–water partition coefficient (Wildman–Crippen LogP) is 3.38. The fourth-order valence-electron chi connectivity index (χ4n) is 1.91. The average molecular weight is 265 g/mol. The molecule has 2 rings (SSSR count). The van der Waals surface area contributed by atoms with Gasteiger partial charge in [-0.1, -0.05) is 29.8 Å². The second-order valence-corrected chi connectivity index (χ2v) is 4.43. The monoisotopic (exact) mass is 264 g/mol. The van der Waals surface area contributed by atoms with Gasteiger partial charge in [0.25, 0.3) is 0 Å². The van der Waals surface area contributed by atoms with Crippen molar-refractivity contribution in [2.75, 3.05) is 7.05 Å². The molecule has 18 heavy (non-hydrogen) atoms. The Morgan fingerprint density at radius 1 is 1.33 bits per heavy atom. The highest BCUT2D eigenvalue weighted by Gasteiger charge is 2.15. The number of likely N-dealkylation sites (N-methyl/N-ethyl adjacent to an activating group) is 1. The predicted molar refractivity (Wildman–Crippen MR) is 71.2 cm³/mol. The summed E-state index contributed by atoms with van der Waals surface area (Å²) in [7, 11) is 1.84. The summed E-state index contributed by atoms with van der Waals surface area (Å²) in [6.45, 7) is 0. The molecule has 0 aliphatic heterocycles. The van der Waals surface area contributed by atoms with Crippen LogP contribution in [-0.4, -0.2) is 12.0 Å². The zero-order valence-electron chi connectivity index (χ0n) is 10.0. The third kappa shape index (κ3) is 2.86. The summed E-state index contributed by atoms with van der Waals surface area (Å²) in [6.07, 6.45) is 4.25. The molecule has 0 bridgehead atoms. The van der Waals surface area contributed by atoms with Crippen molar-refractivity contribution in [1.29, 1.82) is 0 Å². The van der Waals surface area contributed by atoms with Crippen molar-refractivity contribution < 1.29 is 4.39 Å². The summed E-state index contributed by atoms with van der Waals surface area (Å²) in [4.78, 5) is 4.07. The molecule has 1 aromatic carbocycles. The molecule has 0 saturated carbocycles. The first kappa shape index (κ1) is 13.0. The van der Waals surface area contributed by atoms with Gasteiger partial charge in [0.15, 0.2) is 0 Å². The van der Waals surface area contributed by atoms with Gasteiger partial charge in [0.05, 0.1) is 5.02 Å². The minimum absolute atomic E-state index is 0.0302. The quantitative estimate of drug-likeness (QED) is 0.916. The van der Waals surface area contributed by atoms with Gasteiger partial charge in [-0.2, -0.15) is 0 Å². The molecule has 1 heterocycles. The Bertz CT molecular complexity index is 516. The number of pyridine rings is 1. The fraction of sp³-hybridized carbons (Fsp3) is 0.214. The van der Waals surface area contributed by atoms with Gasteiger partial charge in [-0.3, -0.25) is 4.98 Å². The normalized spacial score (nSPS) is 12.4. The van der Waals surface area contributed by atoms with Crippen molar-refractivity contribution >= 4 is 11.6 Å². The Hall–Kier alpha value is -1.45.